The minimum Gasteiger partial charge on any atom is -0.354 e. The highest BCUT2D eigenvalue weighted by molar-refractivity contribution is 5.76. The lowest BCUT2D eigenvalue weighted by Crippen LogP contribution is -2.41. The molecular formula is C21H26N6O4. The van der Waals surface area contributed by atoms with Crippen LogP contribution in [0.1, 0.15) is 45.1 Å². The first-order valence-corrected chi connectivity index (χ1v) is 10.3. The highest BCUT2D eigenvalue weighted by Gasteiger charge is 2.20. The number of benzene rings is 1. The molecule has 2 heterocycles. The van der Waals surface area contributed by atoms with Crippen LogP contribution in [0.3, 0.4) is 0 Å². The fourth-order valence-corrected chi connectivity index (χ4v) is 2.91. The molecule has 1 aromatic carbocycles. The molecule has 0 fully saturated rings. The van der Waals surface area contributed by atoms with Gasteiger partial charge in [-0.15, -0.1) is 0 Å². The normalized spacial score (nSPS) is 12.0. The maximum absolute atomic E-state index is 12.8. The van der Waals surface area contributed by atoms with E-state index in [9.17, 15) is 14.4 Å². The molecule has 1 unspecified atom stereocenters. The number of nitrogens with one attached hydrogen (secondary N) is 1. The predicted molar refractivity (Wildman–Crippen MR) is 114 cm³/mol. The number of carbonyl (C=O) groups is 1. The molecule has 0 aliphatic heterocycles. The second-order valence-corrected chi connectivity index (χ2v) is 7.32. The first-order chi connectivity index (χ1) is 14.8. The van der Waals surface area contributed by atoms with Crippen LogP contribution < -0.4 is 16.6 Å². The molecule has 0 aliphatic carbocycles. The summed E-state index contributed by atoms with van der Waals surface area (Å²) in [6.07, 6.45) is 1.25. The van der Waals surface area contributed by atoms with Crippen LogP contribution in [0.4, 0.5) is 0 Å². The lowest BCUT2D eigenvalue weighted by molar-refractivity contribution is -0.121. The number of nitrogens with zero attached hydrogens (tertiary/aromatic N) is 5. The SMILES string of the molecule is CCC(C)NC(=O)CCc1nc(-c2nn(-c3ccc(C)cc3)c(=O)n(CC)c2=O)no1. The van der Waals surface area contributed by atoms with E-state index >= 15 is 0 Å². The Morgan fingerprint density at radius 1 is 1.19 bits per heavy atom. The highest BCUT2D eigenvalue weighted by Crippen LogP contribution is 2.11. The Labute approximate surface area is 178 Å². The quantitative estimate of drug-likeness (QED) is 0.580. The van der Waals surface area contributed by atoms with Gasteiger partial charge in [0.15, 0.2) is 5.69 Å². The monoisotopic (exact) mass is 426 g/mol. The van der Waals surface area contributed by atoms with E-state index in [2.05, 4.69) is 20.6 Å². The summed E-state index contributed by atoms with van der Waals surface area (Å²) in [4.78, 5) is 41.7. The number of hydrogen-bond donors (Lipinski definition) is 1. The third-order valence-corrected chi connectivity index (χ3v) is 4.92. The average Bonchev–Trinajstić information content (AvgIpc) is 3.22. The van der Waals surface area contributed by atoms with Crippen LogP contribution in [0, 0.1) is 6.92 Å². The van der Waals surface area contributed by atoms with Crippen LogP contribution in [-0.2, 0) is 17.8 Å². The Morgan fingerprint density at radius 3 is 2.55 bits per heavy atom. The molecule has 1 amide bonds. The fourth-order valence-electron chi connectivity index (χ4n) is 2.91. The van der Waals surface area contributed by atoms with E-state index in [1.807, 2.05) is 32.9 Å². The zero-order valence-electron chi connectivity index (χ0n) is 18.1. The van der Waals surface area contributed by atoms with Gasteiger partial charge in [0.2, 0.25) is 17.6 Å². The van der Waals surface area contributed by atoms with Crippen molar-refractivity contribution >= 4 is 5.91 Å². The Kier molecular flexibility index (Phi) is 6.78. The molecule has 31 heavy (non-hydrogen) atoms. The van der Waals surface area contributed by atoms with Gasteiger partial charge in [-0.05, 0) is 39.3 Å². The van der Waals surface area contributed by atoms with E-state index in [0.29, 0.717) is 5.69 Å². The van der Waals surface area contributed by atoms with Gasteiger partial charge in [0.1, 0.15) is 0 Å². The van der Waals surface area contributed by atoms with Crippen LogP contribution >= 0.6 is 0 Å². The number of amides is 1. The van der Waals surface area contributed by atoms with E-state index < -0.39 is 11.2 Å². The summed E-state index contributed by atoms with van der Waals surface area (Å²) in [6, 6.07) is 7.28. The van der Waals surface area contributed by atoms with Gasteiger partial charge < -0.3 is 9.84 Å². The molecule has 0 aliphatic rings. The Morgan fingerprint density at radius 2 is 1.90 bits per heavy atom. The van der Waals surface area contributed by atoms with Crippen molar-refractivity contribution < 1.29 is 9.32 Å². The van der Waals surface area contributed by atoms with E-state index in [4.69, 9.17) is 4.52 Å². The summed E-state index contributed by atoms with van der Waals surface area (Å²) in [5.74, 6) is 0.0746. The van der Waals surface area contributed by atoms with Crippen molar-refractivity contribution in [2.45, 2.75) is 59.5 Å². The zero-order chi connectivity index (χ0) is 22.5. The molecular weight excluding hydrogens is 400 g/mol. The minimum atomic E-state index is -0.599. The summed E-state index contributed by atoms with van der Waals surface area (Å²) in [5, 5.41) is 10.9. The van der Waals surface area contributed by atoms with Crippen LogP contribution in [0.2, 0.25) is 0 Å². The Hall–Kier alpha value is -3.56. The topological polar surface area (TPSA) is 125 Å². The van der Waals surface area contributed by atoms with Gasteiger partial charge in [-0.25, -0.2) is 4.79 Å². The highest BCUT2D eigenvalue weighted by atomic mass is 16.5. The van der Waals surface area contributed by atoms with Crippen molar-refractivity contribution in [2.24, 2.45) is 0 Å². The molecule has 10 nitrogen and oxygen atoms in total. The molecule has 1 N–H and O–H groups in total. The number of rotatable bonds is 8. The lowest BCUT2D eigenvalue weighted by Gasteiger charge is -2.10. The molecule has 3 aromatic rings. The van der Waals surface area contributed by atoms with Gasteiger partial charge in [-0.2, -0.15) is 14.8 Å². The third-order valence-electron chi connectivity index (χ3n) is 4.92. The second-order valence-electron chi connectivity index (χ2n) is 7.32. The van der Waals surface area contributed by atoms with Crippen LogP contribution in [0.15, 0.2) is 38.4 Å². The van der Waals surface area contributed by atoms with Crippen molar-refractivity contribution in [1.82, 2.24) is 29.8 Å². The van der Waals surface area contributed by atoms with E-state index in [1.54, 1.807) is 19.1 Å². The van der Waals surface area contributed by atoms with Crippen LogP contribution in [0.5, 0.6) is 0 Å². The number of aryl methyl sites for hydroxylation is 2. The summed E-state index contributed by atoms with van der Waals surface area (Å²) < 4.78 is 7.42. The first kappa shape index (κ1) is 22.1. The molecule has 0 bridgehead atoms. The van der Waals surface area contributed by atoms with Crippen LogP contribution in [0.25, 0.3) is 17.2 Å². The summed E-state index contributed by atoms with van der Waals surface area (Å²) >= 11 is 0. The van der Waals surface area contributed by atoms with Crippen LogP contribution in [-0.4, -0.2) is 36.4 Å². The van der Waals surface area contributed by atoms with Gasteiger partial charge in [0.25, 0.3) is 5.56 Å². The number of aromatic nitrogens is 5. The first-order valence-electron chi connectivity index (χ1n) is 10.3. The molecule has 3 rings (SSSR count). The minimum absolute atomic E-state index is 0.0228. The maximum Gasteiger partial charge on any atom is 0.352 e. The Bertz CT molecular complexity index is 1180. The molecule has 0 saturated carbocycles. The van der Waals surface area contributed by atoms with Gasteiger partial charge in [-0.3, -0.25) is 14.2 Å². The molecule has 0 spiro atoms. The van der Waals surface area contributed by atoms with Crippen molar-refractivity contribution in [2.75, 3.05) is 0 Å². The van der Waals surface area contributed by atoms with Crippen molar-refractivity contribution in [3.05, 3.63) is 56.6 Å². The number of carbonyl (C=O) groups excluding carboxylic acids is 1. The molecule has 0 radical (unpaired) electrons. The van der Waals surface area contributed by atoms with Crippen molar-refractivity contribution in [3.8, 4) is 17.2 Å². The molecule has 10 heteroatoms. The van der Waals surface area contributed by atoms with Crippen molar-refractivity contribution in [3.63, 3.8) is 0 Å². The van der Waals surface area contributed by atoms with E-state index in [1.165, 1.54) is 0 Å². The summed E-state index contributed by atoms with van der Waals surface area (Å²) in [6.45, 7) is 7.71. The Balaban J connectivity index is 1.92. The zero-order valence-corrected chi connectivity index (χ0v) is 18.1. The third kappa shape index (κ3) is 4.96. The molecule has 1 atom stereocenters. The van der Waals surface area contributed by atoms with Gasteiger partial charge in [-0.1, -0.05) is 29.8 Å². The molecule has 0 saturated heterocycles. The van der Waals surface area contributed by atoms with Gasteiger partial charge in [0.05, 0.1) is 5.69 Å². The summed E-state index contributed by atoms with van der Waals surface area (Å²) in [5.41, 5.74) is 0.301. The maximum atomic E-state index is 12.8. The van der Waals surface area contributed by atoms with Gasteiger partial charge in [0, 0.05) is 25.4 Å². The number of hydrogen-bond acceptors (Lipinski definition) is 7. The standard InChI is InChI=1S/C21H26N6O4/c1-5-14(4)22-16(28)11-12-17-23-19(25-31-17)18-20(29)26(6-2)21(30)27(24-18)15-9-7-13(3)8-10-15/h7-10,14H,5-6,11-12H2,1-4H3,(H,22,28). The second kappa shape index (κ2) is 9.50. The predicted octanol–water partition coefficient (Wildman–Crippen LogP) is 1.62. The van der Waals surface area contributed by atoms with E-state index in [-0.39, 0.29) is 48.7 Å². The van der Waals surface area contributed by atoms with Crippen molar-refractivity contribution in [1.29, 1.82) is 0 Å². The van der Waals surface area contributed by atoms with E-state index in [0.717, 1.165) is 21.2 Å². The molecule has 2 aromatic heterocycles. The average molecular weight is 426 g/mol. The molecule has 164 valence electrons. The summed E-state index contributed by atoms with van der Waals surface area (Å²) in [7, 11) is 0. The van der Waals surface area contributed by atoms with Gasteiger partial charge >= 0.3 is 5.69 Å². The largest absolute Gasteiger partial charge is 0.354 e. The smallest absolute Gasteiger partial charge is 0.352 e. The lowest BCUT2D eigenvalue weighted by atomic mass is 10.2. The fraction of sp³-hybridized carbons (Fsp3) is 0.429.